The van der Waals surface area contributed by atoms with Gasteiger partial charge < -0.3 is 9.47 Å². The van der Waals surface area contributed by atoms with E-state index in [2.05, 4.69) is 34.5 Å². The van der Waals surface area contributed by atoms with Crippen molar-refractivity contribution < 1.29 is 9.47 Å². The summed E-state index contributed by atoms with van der Waals surface area (Å²) in [7, 11) is 0. The molecule has 1 aromatic carbocycles. The molecule has 2 heterocycles. The number of benzene rings is 1. The molecular formula is C14H17N3O2. The van der Waals surface area contributed by atoms with Gasteiger partial charge in [-0.05, 0) is 36.5 Å². The maximum absolute atomic E-state index is 5.63. The Bertz CT molecular complexity index is 540. The Kier molecular flexibility index (Phi) is 3.35. The van der Waals surface area contributed by atoms with Crippen molar-refractivity contribution in [2.45, 2.75) is 25.7 Å². The van der Waals surface area contributed by atoms with E-state index in [0.717, 1.165) is 30.0 Å². The molecule has 1 aliphatic heterocycles. The molecule has 1 atom stereocenters. The van der Waals surface area contributed by atoms with Crippen molar-refractivity contribution in [1.29, 1.82) is 0 Å². The predicted molar refractivity (Wildman–Crippen MR) is 70.6 cm³/mol. The van der Waals surface area contributed by atoms with Gasteiger partial charge in [0.2, 0.25) is 0 Å². The molecule has 19 heavy (non-hydrogen) atoms. The van der Waals surface area contributed by atoms with Gasteiger partial charge in [0.05, 0.1) is 11.9 Å². The fourth-order valence-electron chi connectivity index (χ4n) is 2.39. The van der Waals surface area contributed by atoms with Gasteiger partial charge in [-0.2, -0.15) is 15.4 Å². The molecule has 0 fully saturated rings. The van der Waals surface area contributed by atoms with Gasteiger partial charge in [-0.1, -0.05) is 13.0 Å². The zero-order valence-electron chi connectivity index (χ0n) is 10.9. The predicted octanol–water partition coefficient (Wildman–Crippen LogP) is 2.31. The Labute approximate surface area is 111 Å². The van der Waals surface area contributed by atoms with Gasteiger partial charge in [-0.3, -0.25) is 0 Å². The first-order chi connectivity index (χ1) is 9.36. The molecule has 5 heteroatoms. The first kappa shape index (κ1) is 12.0. The average Bonchev–Trinajstić information content (AvgIpc) is 2.97. The Balaban J connectivity index is 1.82. The van der Waals surface area contributed by atoms with Crippen LogP contribution in [0, 0.1) is 0 Å². The van der Waals surface area contributed by atoms with Crippen molar-refractivity contribution in [3.63, 3.8) is 0 Å². The molecule has 1 aromatic heterocycles. The highest BCUT2D eigenvalue weighted by molar-refractivity contribution is 5.45. The maximum Gasteiger partial charge on any atom is 0.161 e. The fraction of sp³-hybridized carbons (Fsp3) is 0.429. The molecule has 0 amide bonds. The number of aromatic amines is 1. The number of nitrogens with one attached hydrogen (secondary N) is 1. The van der Waals surface area contributed by atoms with Crippen molar-refractivity contribution in [3.8, 4) is 11.5 Å². The number of H-pyrrole nitrogens is 1. The number of rotatable bonds is 4. The van der Waals surface area contributed by atoms with E-state index in [1.807, 2.05) is 6.07 Å². The second kappa shape index (κ2) is 5.30. The van der Waals surface area contributed by atoms with Crippen molar-refractivity contribution >= 4 is 0 Å². The molecule has 1 N–H and O–H groups in total. The standard InChI is InChI=1S/C14H17N3O2/c1-2-10(7-12-9-15-17-16-12)11-3-4-13-14(8-11)19-6-5-18-13/h3-4,8-10H,2,5-7H2,1H3,(H,15,16,17). The average molecular weight is 259 g/mol. The van der Waals surface area contributed by atoms with Gasteiger partial charge in [-0.25, -0.2) is 0 Å². The largest absolute Gasteiger partial charge is 0.486 e. The van der Waals surface area contributed by atoms with E-state index in [0.29, 0.717) is 19.1 Å². The van der Waals surface area contributed by atoms with Crippen LogP contribution in [0.2, 0.25) is 0 Å². The second-order valence-electron chi connectivity index (χ2n) is 4.67. The summed E-state index contributed by atoms with van der Waals surface area (Å²) < 4.78 is 11.2. The van der Waals surface area contributed by atoms with E-state index in [-0.39, 0.29) is 0 Å². The first-order valence-electron chi connectivity index (χ1n) is 6.61. The van der Waals surface area contributed by atoms with Crippen LogP contribution < -0.4 is 9.47 Å². The number of hydrogen-bond donors (Lipinski definition) is 1. The third-order valence-electron chi connectivity index (χ3n) is 3.45. The maximum atomic E-state index is 5.63. The minimum atomic E-state index is 0.418. The molecule has 1 aliphatic rings. The quantitative estimate of drug-likeness (QED) is 0.915. The SMILES string of the molecule is CCC(Cc1cn[nH]n1)c1ccc2c(c1)OCCO2. The van der Waals surface area contributed by atoms with E-state index < -0.39 is 0 Å². The monoisotopic (exact) mass is 259 g/mol. The summed E-state index contributed by atoms with van der Waals surface area (Å²) in [6, 6.07) is 6.19. The summed E-state index contributed by atoms with van der Waals surface area (Å²) in [5, 5.41) is 10.6. The van der Waals surface area contributed by atoms with Gasteiger partial charge >= 0.3 is 0 Å². The molecule has 3 rings (SSSR count). The van der Waals surface area contributed by atoms with E-state index in [9.17, 15) is 0 Å². The Morgan fingerprint density at radius 1 is 1.26 bits per heavy atom. The lowest BCUT2D eigenvalue weighted by molar-refractivity contribution is 0.171. The summed E-state index contributed by atoms with van der Waals surface area (Å²) in [6.07, 6.45) is 3.71. The molecule has 0 spiro atoms. The van der Waals surface area contributed by atoms with Crippen LogP contribution in [0.25, 0.3) is 0 Å². The third-order valence-corrected chi connectivity index (χ3v) is 3.45. The highest BCUT2D eigenvalue weighted by atomic mass is 16.6. The zero-order chi connectivity index (χ0) is 13.1. The van der Waals surface area contributed by atoms with Gasteiger partial charge in [0.1, 0.15) is 13.2 Å². The van der Waals surface area contributed by atoms with Crippen molar-refractivity contribution in [3.05, 3.63) is 35.7 Å². The van der Waals surface area contributed by atoms with Crippen LogP contribution in [0.5, 0.6) is 11.5 Å². The lowest BCUT2D eigenvalue weighted by atomic mass is 9.92. The van der Waals surface area contributed by atoms with Crippen molar-refractivity contribution in [1.82, 2.24) is 15.4 Å². The number of aromatic nitrogens is 3. The molecule has 100 valence electrons. The molecular weight excluding hydrogens is 242 g/mol. The molecule has 0 saturated heterocycles. The molecule has 0 saturated carbocycles. The second-order valence-corrected chi connectivity index (χ2v) is 4.67. The number of nitrogens with zero attached hydrogens (tertiary/aromatic N) is 2. The smallest absolute Gasteiger partial charge is 0.161 e. The van der Waals surface area contributed by atoms with E-state index >= 15 is 0 Å². The van der Waals surface area contributed by atoms with Gasteiger partial charge in [0.25, 0.3) is 0 Å². The Morgan fingerprint density at radius 2 is 2.11 bits per heavy atom. The summed E-state index contributed by atoms with van der Waals surface area (Å²) in [5.74, 6) is 2.11. The highest BCUT2D eigenvalue weighted by Gasteiger charge is 2.17. The lowest BCUT2D eigenvalue weighted by Crippen LogP contribution is -2.15. The number of ether oxygens (including phenoxy) is 2. The van der Waals surface area contributed by atoms with Gasteiger partial charge in [0, 0.05) is 0 Å². The summed E-state index contributed by atoms with van der Waals surface area (Å²) >= 11 is 0. The topological polar surface area (TPSA) is 60.0 Å². The molecule has 0 bridgehead atoms. The first-order valence-corrected chi connectivity index (χ1v) is 6.61. The van der Waals surface area contributed by atoms with Crippen molar-refractivity contribution in [2.24, 2.45) is 0 Å². The van der Waals surface area contributed by atoms with Crippen LogP contribution in [0.3, 0.4) is 0 Å². The van der Waals surface area contributed by atoms with E-state index in [1.54, 1.807) is 6.20 Å². The van der Waals surface area contributed by atoms with Gasteiger partial charge in [-0.15, -0.1) is 0 Å². The number of fused-ring (bicyclic) bond motifs is 1. The molecule has 2 aromatic rings. The lowest BCUT2D eigenvalue weighted by Gasteiger charge is -2.21. The van der Waals surface area contributed by atoms with Crippen LogP contribution in [0.4, 0.5) is 0 Å². The zero-order valence-corrected chi connectivity index (χ0v) is 10.9. The fourth-order valence-corrected chi connectivity index (χ4v) is 2.39. The van der Waals surface area contributed by atoms with Crippen LogP contribution in [-0.2, 0) is 6.42 Å². The summed E-state index contributed by atoms with van der Waals surface area (Å²) in [4.78, 5) is 0. The van der Waals surface area contributed by atoms with Gasteiger partial charge in [0.15, 0.2) is 11.5 Å². The van der Waals surface area contributed by atoms with E-state index in [1.165, 1.54) is 5.56 Å². The number of hydrogen-bond acceptors (Lipinski definition) is 4. The molecule has 0 aliphatic carbocycles. The third kappa shape index (κ3) is 2.54. The van der Waals surface area contributed by atoms with Crippen molar-refractivity contribution in [2.75, 3.05) is 13.2 Å². The van der Waals surface area contributed by atoms with Crippen LogP contribution >= 0.6 is 0 Å². The Hall–Kier alpha value is -2.04. The summed E-state index contributed by atoms with van der Waals surface area (Å²) in [5.41, 5.74) is 2.25. The normalized spacial score (nSPS) is 15.2. The Morgan fingerprint density at radius 3 is 2.84 bits per heavy atom. The molecule has 5 nitrogen and oxygen atoms in total. The van der Waals surface area contributed by atoms with Crippen LogP contribution in [0.1, 0.15) is 30.5 Å². The van der Waals surface area contributed by atoms with E-state index in [4.69, 9.17) is 9.47 Å². The highest BCUT2D eigenvalue weighted by Crippen LogP contribution is 2.34. The van der Waals surface area contributed by atoms with Crippen LogP contribution in [0.15, 0.2) is 24.4 Å². The van der Waals surface area contributed by atoms with Crippen LogP contribution in [-0.4, -0.2) is 28.6 Å². The molecule has 1 unspecified atom stereocenters. The minimum absolute atomic E-state index is 0.418. The molecule has 0 radical (unpaired) electrons. The minimum Gasteiger partial charge on any atom is -0.486 e. The summed E-state index contributed by atoms with van der Waals surface area (Å²) in [6.45, 7) is 3.43.